The van der Waals surface area contributed by atoms with E-state index < -0.39 is 29.7 Å². The summed E-state index contributed by atoms with van der Waals surface area (Å²) in [6, 6.07) is 8.93. The van der Waals surface area contributed by atoms with Gasteiger partial charge in [-0.2, -0.15) is 13.2 Å². The summed E-state index contributed by atoms with van der Waals surface area (Å²) in [4.78, 5) is 30.3. The summed E-state index contributed by atoms with van der Waals surface area (Å²) in [5, 5.41) is 4.84. The first-order chi connectivity index (χ1) is 14.7. The number of benzene rings is 2. The van der Waals surface area contributed by atoms with E-state index in [2.05, 4.69) is 16.1 Å². The lowest BCUT2D eigenvalue weighted by Gasteiger charge is -2.26. The maximum Gasteiger partial charge on any atom is 0.435 e. The fraction of sp³-hybridized carbons (Fsp3) is 0.200. The van der Waals surface area contributed by atoms with E-state index in [-0.39, 0.29) is 18.8 Å². The van der Waals surface area contributed by atoms with Gasteiger partial charge in [-0.1, -0.05) is 6.07 Å². The summed E-state index contributed by atoms with van der Waals surface area (Å²) < 4.78 is 51.2. The molecule has 0 fully saturated rings. The second-order valence-corrected chi connectivity index (χ2v) is 6.56. The molecule has 31 heavy (non-hydrogen) atoms. The van der Waals surface area contributed by atoms with Gasteiger partial charge in [0, 0.05) is 36.6 Å². The van der Waals surface area contributed by atoms with E-state index in [4.69, 9.17) is 4.84 Å². The van der Waals surface area contributed by atoms with E-state index in [1.165, 1.54) is 41.3 Å². The van der Waals surface area contributed by atoms with Gasteiger partial charge in [-0.3, -0.25) is 5.32 Å². The number of hydroxylamine groups is 1. The molecule has 0 aromatic heterocycles. The van der Waals surface area contributed by atoms with Gasteiger partial charge in [-0.05, 0) is 48.5 Å². The number of hydrogen-bond acceptors (Lipinski definition) is 4. The Morgan fingerprint density at radius 3 is 2.39 bits per heavy atom. The van der Waals surface area contributed by atoms with Gasteiger partial charge in [0.2, 0.25) is 0 Å². The largest absolute Gasteiger partial charge is 0.435 e. The molecule has 0 spiro atoms. The average Bonchev–Trinajstić information content (AvgIpc) is 2.74. The molecule has 2 aromatic rings. The molecule has 0 atom stereocenters. The number of amides is 3. The molecular formula is C20H18F4N4O3. The van der Waals surface area contributed by atoms with Gasteiger partial charge in [0.25, 0.3) is 0 Å². The zero-order valence-corrected chi connectivity index (χ0v) is 16.0. The van der Waals surface area contributed by atoms with Crippen LogP contribution in [0.25, 0.3) is 0 Å². The summed E-state index contributed by atoms with van der Waals surface area (Å²) in [6.45, 7) is 0.419. The number of rotatable bonds is 4. The summed E-state index contributed by atoms with van der Waals surface area (Å²) >= 11 is 0. The third kappa shape index (κ3) is 6.36. The number of halogens is 4. The van der Waals surface area contributed by atoms with E-state index in [0.717, 1.165) is 12.1 Å². The van der Waals surface area contributed by atoms with Crippen molar-refractivity contribution in [2.24, 2.45) is 0 Å². The van der Waals surface area contributed by atoms with Crippen molar-refractivity contribution in [2.75, 3.05) is 23.7 Å². The van der Waals surface area contributed by atoms with E-state index in [0.29, 0.717) is 17.8 Å². The monoisotopic (exact) mass is 438 g/mol. The van der Waals surface area contributed by atoms with Crippen LogP contribution >= 0.6 is 0 Å². The third-order valence-electron chi connectivity index (χ3n) is 4.30. The van der Waals surface area contributed by atoms with Crippen LogP contribution in [0, 0.1) is 5.82 Å². The Morgan fingerprint density at radius 2 is 1.74 bits per heavy atom. The van der Waals surface area contributed by atoms with Crippen molar-refractivity contribution in [3.8, 4) is 0 Å². The molecule has 2 aromatic carbocycles. The fourth-order valence-electron chi connectivity index (χ4n) is 2.71. The molecule has 3 N–H and O–H groups in total. The number of urea groups is 1. The van der Waals surface area contributed by atoms with Crippen LogP contribution in [0.4, 0.5) is 38.5 Å². The van der Waals surface area contributed by atoms with Crippen molar-refractivity contribution < 1.29 is 32.0 Å². The van der Waals surface area contributed by atoms with Crippen LogP contribution in [0.1, 0.15) is 12.0 Å². The second kappa shape index (κ2) is 9.37. The third-order valence-corrected chi connectivity index (χ3v) is 4.30. The first kappa shape index (κ1) is 21.9. The molecule has 0 aliphatic carbocycles. The predicted molar refractivity (Wildman–Crippen MR) is 104 cm³/mol. The number of nitrogens with one attached hydrogen (secondary N) is 3. The molecule has 0 bridgehead atoms. The molecular weight excluding hydrogens is 420 g/mol. The molecule has 0 saturated heterocycles. The minimum Gasteiger partial charge on any atom is -0.324 e. The number of hydrogen-bond donors (Lipinski definition) is 3. The Bertz CT molecular complexity index is 977. The van der Waals surface area contributed by atoms with Crippen molar-refractivity contribution in [1.82, 2.24) is 10.4 Å². The molecule has 3 amide bonds. The van der Waals surface area contributed by atoms with Crippen LogP contribution in [0.5, 0.6) is 0 Å². The fourth-order valence-corrected chi connectivity index (χ4v) is 2.71. The minimum atomic E-state index is -4.50. The Labute approximate surface area is 174 Å². The number of nitrogens with zero attached hydrogens (tertiary/aromatic N) is 1. The predicted octanol–water partition coefficient (Wildman–Crippen LogP) is 4.72. The molecule has 164 valence electrons. The zero-order chi connectivity index (χ0) is 22.4. The highest BCUT2D eigenvalue weighted by atomic mass is 19.4. The van der Waals surface area contributed by atoms with Crippen LogP contribution in [-0.2, 0) is 11.0 Å². The molecule has 3 rings (SSSR count). The highest BCUT2D eigenvalue weighted by Gasteiger charge is 2.30. The van der Waals surface area contributed by atoms with E-state index in [1.807, 2.05) is 0 Å². The van der Waals surface area contributed by atoms with Gasteiger partial charge in [0.15, 0.2) is 0 Å². The number of carbonyl (C=O) groups is 2. The molecule has 0 radical (unpaired) electrons. The Hall–Kier alpha value is -3.76. The summed E-state index contributed by atoms with van der Waals surface area (Å²) in [5.74, 6) is -0.439. The molecule has 0 saturated carbocycles. The van der Waals surface area contributed by atoms with Gasteiger partial charge in [-0.15, -0.1) is 0 Å². The Kier molecular flexibility index (Phi) is 6.63. The van der Waals surface area contributed by atoms with Crippen LogP contribution in [-0.4, -0.2) is 30.1 Å². The van der Waals surface area contributed by atoms with E-state index in [1.54, 1.807) is 6.08 Å². The van der Waals surface area contributed by atoms with Crippen molar-refractivity contribution >= 4 is 23.5 Å². The lowest BCUT2D eigenvalue weighted by Crippen LogP contribution is -2.39. The smallest absolute Gasteiger partial charge is 0.324 e. The normalized spacial score (nSPS) is 13.8. The second-order valence-electron chi connectivity index (χ2n) is 6.56. The quantitative estimate of drug-likeness (QED) is 0.477. The van der Waals surface area contributed by atoms with Gasteiger partial charge in [0.05, 0.1) is 5.56 Å². The van der Waals surface area contributed by atoms with Gasteiger partial charge in [-0.25, -0.2) is 19.5 Å². The number of carbonyl (C=O) groups excluding carboxylic acids is 2. The van der Waals surface area contributed by atoms with E-state index >= 15 is 0 Å². The highest BCUT2D eigenvalue weighted by Crippen LogP contribution is 2.30. The van der Waals surface area contributed by atoms with Crippen molar-refractivity contribution in [3.05, 3.63) is 71.7 Å². The zero-order valence-electron chi connectivity index (χ0n) is 16.0. The molecule has 1 aliphatic heterocycles. The van der Waals surface area contributed by atoms with Crippen molar-refractivity contribution in [2.45, 2.75) is 12.6 Å². The van der Waals surface area contributed by atoms with Crippen LogP contribution in [0.3, 0.4) is 0 Å². The van der Waals surface area contributed by atoms with Gasteiger partial charge >= 0.3 is 18.3 Å². The van der Waals surface area contributed by atoms with E-state index in [9.17, 15) is 27.2 Å². The van der Waals surface area contributed by atoms with Gasteiger partial charge < -0.3 is 15.1 Å². The van der Waals surface area contributed by atoms with Crippen LogP contribution < -0.4 is 16.1 Å². The van der Waals surface area contributed by atoms with Gasteiger partial charge in [0.1, 0.15) is 5.82 Å². The average molecular weight is 438 g/mol. The van der Waals surface area contributed by atoms with Crippen LogP contribution in [0.2, 0.25) is 0 Å². The lowest BCUT2D eigenvalue weighted by molar-refractivity contribution is -0.137. The van der Waals surface area contributed by atoms with Crippen LogP contribution in [0.15, 0.2) is 60.3 Å². The summed E-state index contributed by atoms with van der Waals surface area (Å²) in [5.41, 5.74) is 2.56. The molecule has 1 heterocycles. The minimum absolute atomic E-state index is 0.0357. The molecule has 1 aliphatic rings. The first-order valence-electron chi connectivity index (χ1n) is 9.12. The Balaban J connectivity index is 1.46. The number of anilines is 2. The molecule has 0 unspecified atom stereocenters. The first-order valence-corrected chi connectivity index (χ1v) is 9.12. The Morgan fingerprint density at radius 1 is 1.00 bits per heavy atom. The summed E-state index contributed by atoms with van der Waals surface area (Å²) in [7, 11) is 0. The summed E-state index contributed by atoms with van der Waals surface area (Å²) in [6.07, 6.45) is -3.37. The lowest BCUT2D eigenvalue weighted by atomic mass is 10.2. The molecule has 7 nitrogen and oxygen atoms in total. The molecule has 11 heteroatoms. The number of alkyl halides is 3. The topological polar surface area (TPSA) is 82.7 Å². The van der Waals surface area contributed by atoms with Crippen molar-refractivity contribution in [3.63, 3.8) is 0 Å². The standard InChI is InChI=1S/C20H18F4N4O3/c21-14-4-6-15(7-5-14)26-19(30)31-27-16-8-10-28(11-9-16)18(29)25-17-3-1-2-13(12-17)20(22,23)24/h1-8,12,27H,9-11H2,(H,25,29)(H,26,30). The maximum atomic E-state index is 12.8. The maximum absolute atomic E-state index is 12.8. The SMILES string of the molecule is O=C(Nc1ccc(F)cc1)ONC1=CCN(C(=O)Nc2cccc(C(F)(F)F)c2)CC1. The highest BCUT2D eigenvalue weighted by molar-refractivity contribution is 5.89. The van der Waals surface area contributed by atoms with Crippen molar-refractivity contribution in [1.29, 1.82) is 0 Å².